The van der Waals surface area contributed by atoms with Crippen molar-refractivity contribution in [2.24, 2.45) is 0 Å². The molecule has 434 valence electrons. The van der Waals surface area contributed by atoms with Crippen LogP contribution in [0.4, 0.5) is 0 Å². The van der Waals surface area contributed by atoms with Crippen LogP contribution in [0.15, 0.2) is 36.5 Å². The third-order valence-electron chi connectivity index (χ3n) is 14.4. The van der Waals surface area contributed by atoms with E-state index in [1.807, 2.05) is 0 Å². The van der Waals surface area contributed by atoms with Gasteiger partial charge in [-0.2, -0.15) is 0 Å². The molecular formula is C60H110O14. The van der Waals surface area contributed by atoms with Gasteiger partial charge < -0.3 is 64.2 Å². The van der Waals surface area contributed by atoms with E-state index in [-0.39, 0.29) is 25.6 Å². The standard InChI is InChI=1S/C60H110O14/c1-3-5-7-9-11-13-15-17-19-21-22-23-24-25-26-27-28-30-32-34-36-38-40-42-44-69-46-49(72-52(62)43-41-39-37-35-33-31-29-20-18-16-14-12-10-8-6-4-2)47-70-59-58(68)56(66)54(64)51(74-59)48-71-60-57(67)55(65)53(63)50(45-61)73-60/h15,17,20-22,29,49-51,53-61,63-68H,3-14,16,18-19,23-28,30-48H2,1-2H3/b17-15-,22-21-,29-20-. The number of rotatable bonds is 49. The van der Waals surface area contributed by atoms with Crippen LogP contribution in [-0.2, 0) is 33.2 Å². The largest absolute Gasteiger partial charge is 0.457 e. The van der Waals surface area contributed by atoms with E-state index < -0.39 is 80.7 Å². The molecule has 2 saturated heterocycles. The molecule has 2 rings (SSSR count). The molecule has 0 aromatic carbocycles. The second kappa shape index (κ2) is 47.2. The summed E-state index contributed by atoms with van der Waals surface area (Å²) in [5.74, 6) is -0.382. The van der Waals surface area contributed by atoms with E-state index in [2.05, 4.69) is 50.3 Å². The lowest BCUT2D eigenvalue weighted by Crippen LogP contribution is -2.61. The number of aliphatic hydroxyl groups is 7. The average Bonchev–Trinajstić information content (AvgIpc) is 3.40. The third-order valence-corrected chi connectivity index (χ3v) is 14.4. The monoisotopic (exact) mass is 1050 g/mol. The Hall–Kier alpha value is -1.79. The molecule has 74 heavy (non-hydrogen) atoms. The number of carbonyl (C=O) groups excluding carboxylic acids is 1. The van der Waals surface area contributed by atoms with Gasteiger partial charge in [-0.25, -0.2) is 0 Å². The maximum Gasteiger partial charge on any atom is 0.306 e. The quantitative estimate of drug-likeness (QED) is 0.0172. The summed E-state index contributed by atoms with van der Waals surface area (Å²) in [5, 5.41) is 72.4. The van der Waals surface area contributed by atoms with Crippen molar-refractivity contribution in [2.75, 3.05) is 33.0 Å². The lowest BCUT2D eigenvalue weighted by atomic mass is 9.98. The van der Waals surface area contributed by atoms with E-state index in [0.29, 0.717) is 13.0 Å². The Balaban J connectivity index is 1.69. The second-order valence-corrected chi connectivity index (χ2v) is 21.2. The fourth-order valence-electron chi connectivity index (χ4n) is 9.49. The number of hydrogen-bond donors (Lipinski definition) is 7. The molecule has 14 heteroatoms. The van der Waals surface area contributed by atoms with Gasteiger partial charge in [-0.05, 0) is 70.6 Å². The van der Waals surface area contributed by atoms with Crippen molar-refractivity contribution in [3.63, 3.8) is 0 Å². The molecule has 2 heterocycles. The molecule has 0 saturated carbocycles. The summed E-state index contributed by atoms with van der Waals surface area (Å²) in [5.41, 5.74) is 0. The summed E-state index contributed by atoms with van der Waals surface area (Å²) >= 11 is 0. The summed E-state index contributed by atoms with van der Waals surface area (Å²) in [6.45, 7) is 3.69. The minimum atomic E-state index is -1.71. The van der Waals surface area contributed by atoms with Gasteiger partial charge in [0.2, 0.25) is 0 Å². The first kappa shape index (κ1) is 68.3. The highest BCUT2D eigenvalue weighted by molar-refractivity contribution is 5.69. The minimum absolute atomic E-state index is 0.0590. The summed E-state index contributed by atoms with van der Waals surface area (Å²) in [6, 6.07) is 0. The van der Waals surface area contributed by atoms with Gasteiger partial charge in [0.25, 0.3) is 0 Å². The number of hydrogen-bond acceptors (Lipinski definition) is 14. The average molecular weight is 1060 g/mol. The van der Waals surface area contributed by atoms with E-state index in [0.717, 1.165) is 64.2 Å². The predicted octanol–water partition coefficient (Wildman–Crippen LogP) is 10.9. The van der Waals surface area contributed by atoms with Crippen LogP contribution in [0.1, 0.15) is 239 Å². The van der Waals surface area contributed by atoms with E-state index >= 15 is 0 Å². The van der Waals surface area contributed by atoms with Crippen molar-refractivity contribution >= 4 is 5.97 Å². The highest BCUT2D eigenvalue weighted by atomic mass is 16.7. The second-order valence-electron chi connectivity index (χ2n) is 21.2. The van der Waals surface area contributed by atoms with Crippen LogP contribution in [0, 0.1) is 0 Å². The molecule has 0 radical (unpaired) electrons. The normalized spacial score (nSPS) is 25.0. The maximum absolute atomic E-state index is 13.1. The summed E-state index contributed by atoms with van der Waals surface area (Å²) in [6.07, 6.45) is 39.2. The van der Waals surface area contributed by atoms with Gasteiger partial charge in [-0.3, -0.25) is 4.79 Å². The highest BCUT2D eigenvalue weighted by Gasteiger charge is 2.47. The zero-order chi connectivity index (χ0) is 53.7. The lowest BCUT2D eigenvalue weighted by Gasteiger charge is -2.42. The first-order chi connectivity index (χ1) is 36.1. The van der Waals surface area contributed by atoms with Crippen molar-refractivity contribution < 1.29 is 69.0 Å². The van der Waals surface area contributed by atoms with E-state index in [1.54, 1.807) is 0 Å². The highest BCUT2D eigenvalue weighted by Crippen LogP contribution is 2.27. The number of esters is 1. The number of unbranched alkanes of at least 4 members (excludes halogenated alkanes) is 29. The molecule has 7 N–H and O–H groups in total. The van der Waals surface area contributed by atoms with Crippen LogP contribution >= 0.6 is 0 Å². The number of ether oxygens (including phenoxy) is 6. The lowest BCUT2D eigenvalue weighted by molar-refractivity contribution is -0.332. The van der Waals surface area contributed by atoms with Gasteiger partial charge in [0, 0.05) is 13.0 Å². The molecule has 11 unspecified atom stereocenters. The van der Waals surface area contributed by atoms with Crippen molar-refractivity contribution in [3.05, 3.63) is 36.5 Å². The zero-order valence-corrected chi connectivity index (χ0v) is 46.6. The van der Waals surface area contributed by atoms with E-state index in [1.165, 1.54) is 148 Å². The number of aliphatic hydroxyl groups excluding tert-OH is 7. The van der Waals surface area contributed by atoms with Crippen LogP contribution in [0.25, 0.3) is 0 Å². The first-order valence-corrected chi connectivity index (χ1v) is 30.1. The van der Waals surface area contributed by atoms with Crippen molar-refractivity contribution in [1.29, 1.82) is 0 Å². The summed E-state index contributed by atoms with van der Waals surface area (Å²) in [4.78, 5) is 13.1. The SMILES string of the molecule is CCCCCCC/C=C\C/C=C\CCCCCCCCCCCCCCOCC(COC1OC(COC2OC(CO)C(O)C(O)C2O)C(O)C(O)C1O)OC(=O)CCCCCCC/C=C\CCCCCCCCC. The Morgan fingerprint density at radius 1 is 0.446 bits per heavy atom. The van der Waals surface area contributed by atoms with Crippen molar-refractivity contribution in [2.45, 2.75) is 306 Å². The van der Waals surface area contributed by atoms with E-state index in [9.17, 15) is 40.5 Å². The Bertz CT molecular complexity index is 1360. The number of allylic oxidation sites excluding steroid dienone is 6. The molecule has 0 aromatic heterocycles. The zero-order valence-electron chi connectivity index (χ0n) is 46.6. The minimum Gasteiger partial charge on any atom is -0.457 e. The Labute approximate surface area is 449 Å². The first-order valence-electron chi connectivity index (χ1n) is 30.1. The molecular weight excluding hydrogens is 945 g/mol. The number of carbonyl (C=O) groups is 1. The fourth-order valence-corrected chi connectivity index (χ4v) is 9.49. The molecule has 2 aliphatic heterocycles. The van der Waals surface area contributed by atoms with Crippen LogP contribution in [0.2, 0.25) is 0 Å². The Morgan fingerprint density at radius 3 is 1.31 bits per heavy atom. The molecule has 0 aromatic rings. The van der Waals surface area contributed by atoms with Gasteiger partial charge >= 0.3 is 5.97 Å². The van der Waals surface area contributed by atoms with Gasteiger partial charge in [0.1, 0.15) is 54.9 Å². The Kier molecular flexibility index (Phi) is 43.6. The molecule has 11 atom stereocenters. The summed E-state index contributed by atoms with van der Waals surface area (Å²) < 4.78 is 34.4. The van der Waals surface area contributed by atoms with E-state index in [4.69, 9.17) is 28.4 Å². The molecule has 2 aliphatic rings. The van der Waals surface area contributed by atoms with Crippen LogP contribution in [0.5, 0.6) is 0 Å². The molecule has 0 spiro atoms. The predicted molar refractivity (Wildman–Crippen MR) is 293 cm³/mol. The summed E-state index contributed by atoms with van der Waals surface area (Å²) in [7, 11) is 0. The maximum atomic E-state index is 13.1. The smallest absolute Gasteiger partial charge is 0.306 e. The third kappa shape index (κ3) is 33.5. The van der Waals surface area contributed by atoms with Gasteiger partial charge in [-0.1, -0.05) is 198 Å². The van der Waals surface area contributed by atoms with Gasteiger partial charge in [0.05, 0.1) is 26.4 Å². The van der Waals surface area contributed by atoms with Crippen LogP contribution in [-0.4, -0.2) is 142 Å². The van der Waals surface area contributed by atoms with Crippen molar-refractivity contribution in [3.8, 4) is 0 Å². The molecule has 2 fully saturated rings. The van der Waals surface area contributed by atoms with Gasteiger partial charge in [0.15, 0.2) is 12.6 Å². The van der Waals surface area contributed by atoms with Crippen molar-refractivity contribution in [1.82, 2.24) is 0 Å². The molecule has 14 nitrogen and oxygen atoms in total. The molecule has 0 amide bonds. The van der Waals surface area contributed by atoms with Crippen LogP contribution < -0.4 is 0 Å². The topological polar surface area (TPSA) is 214 Å². The van der Waals surface area contributed by atoms with Crippen LogP contribution in [0.3, 0.4) is 0 Å². The molecule has 0 bridgehead atoms. The molecule has 0 aliphatic carbocycles. The fraction of sp³-hybridized carbons (Fsp3) is 0.883. The Morgan fingerprint density at radius 2 is 0.838 bits per heavy atom. The van der Waals surface area contributed by atoms with Gasteiger partial charge in [-0.15, -0.1) is 0 Å².